The number of hydrogen-bond acceptors (Lipinski definition) is 2. The number of fused-ring (bicyclic) bond motifs is 1. The van der Waals surface area contributed by atoms with Gasteiger partial charge in [0.25, 0.3) is 0 Å². The summed E-state index contributed by atoms with van der Waals surface area (Å²) < 4.78 is 5.52. The maximum absolute atomic E-state index is 5.52. The van der Waals surface area contributed by atoms with E-state index in [2.05, 4.69) is 43.4 Å². The Kier molecular flexibility index (Phi) is 4.21. The normalized spacial score (nSPS) is 14.6. The number of ether oxygens (including phenoxy) is 1. The molecule has 0 saturated heterocycles. The van der Waals surface area contributed by atoms with E-state index in [1.165, 1.54) is 16.7 Å². The van der Waals surface area contributed by atoms with Gasteiger partial charge in [-0.25, -0.2) is 0 Å². The Labute approximate surface area is 104 Å². The Hall–Kier alpha value is -1.28. The minimum Gasteiger partial charge on any atom is -0.493 e. The van der Waals surface area contributed by atoms with Crippen LogP contribution in [0.2, 0.25) is 0 Å². The molecule has 2 heteroatoms. The van der Waals surface area contributed by atoms with Crippen molar-refractivity contribution in [3.05, 3.63) is 35.4 Å². The summed E-state index contributed by atoms with van der Waals surface area (Å²) in [6.45, 7) is 7.26. The van der Waals surface area contributed by atoms with Gasteiger partial charge >= 0.3 is 0 Å². The number of hydrogen-bond donors (Lipinski definition) is 1. The highest BCUT2D eigenvalue weighted by molar-refractivity contribution is 5.65. The molecule has 0 aliphatic carbocycles. The monoisotopic (exact) mass is 231 g/mol. The van der Waals surface area contributed by atoms with Crippen LogP contribution in [0.25, 0.3) is 5.57 Å². The summed E-state index contributed by atoms with van der Waals surface area (Å²) in [5, 5.41) is 3.33. The molecular weight excluding hydrogens is 210 g/mol. The topological polar surface area (TPSA) is 21.3 Å². The number of rotatable bonds is 5. The van der Waals surface area contributed by atoms with Gasteiger partial charge in [0.1, 0.15) is 5.75 Å². The molecule has 17 heavy (non-hydrogen) atoms. The lowest BCUT2D eigenvalue weighted by Crippen LogP contribution is -2.13. The van der Waals surface area contributed by atoms with E-state index in [1.54, 1.807) is 0 Å². The lowest BCUT2D eigenvalue weighted by Gasteiger charge is -2.05. The van der Waals surface area contributed by atoms with E-state index in [9.17, 15) is 0 Å². The van der Waals surface area contributed by atoms with E-state index in [0.29, 0.717) is 0 Å². The largest absolute Gasteiger partial charge is 0.493 e. The van der Waals surface area contributed by atoms with Crippen molar-refractivity contribution in [1.82, 2.24) is 5.32 Å². The third-order valence-corrected chi connectivity index (χ3v) is 3.17. The fourth-order valence-electron chi connectivity index (χ4n) is 2.12. The predicted octanol–water partition coefficient (Wildman–Crippen LogP) is 3.02. The van der Waals surface area contributed by atoms with Crippen molar-refractivity contribution in [1.29, 1.82) is 0 Å². The van der Waals surface area contributed by atoms with Crippen LogP contribution in [0.3, 0.4) is 0 Å². The highest BCUT2D eigenvalue weighted by Crippen LogP contribution is 2.28. The first-order valence-electron chi connectivity index (χ1n) is 6.45. The molecule has 0 unspecified atom stereocenters. The first-order valence-corrected chi connectivity index (χ1v) is 6.45. The van der Waals surface area contributed by atoms with E-state index in [1.807, 2.05) is 0 Å². The highest BCUT2D eigenvalue weighted by atomic mass is 16.5. The molecule has 1 aliphatic heterocycles. The second-order valence-corrected chi connectivity index (χ2v) is 4.45. The van der Waals surface area contributed by atoms with Gasteiger partial charge in [0.2, 0.25) is 0 Å². The average Bonchev–Trinajstić information content (AvgIpc) is 2.81. The van der Waals surface area contributed by atoms with Crippen molar-refractivity contribution >= 4 is 5.57 Å². The van der Waals surface area contributed by atoms with Gasteiger partial charge in [-0.05, 0) is 55.3 Å². The molecule has 1 aromatic rings. The van der Waals surface area contributed by atoms with Gasteiger partial charge in [-0.2, -0.15) is 0 Å². The standard InChI is InChI=1S/C15H21NO/c1-3-16-9-4-5-12(2)13-6-7-15-14(11-13)8-10-17-15/h5-7,11,16H,3-4,8-10H2,1-2H3/b12-5-. The van der Waals surface area contributed by atoms with E-state index in [0.717, 1.165) is 38.3 Å². The quantitative estimate of drug-likeness (QED) is 0.786. The number of benzene rings is 1. The maximum Gasteiger partial charge on any atom is 0.122 e. The van der Waals surface area contributed by atoms with Gasteiger partial charge < -0.3 is 10.1 Å². The van der Waals surface area contributed by atoms with Crippen molar-refractivity contribution in [2.75, 3.05) is 19.7 Å². The van der Waals surface area contributed by atoms with Crippen molar-refractivity contribution < 1.29 is 4.74 Å². The van der Waals surface area contributed by atoms with Crippen LogP contribution in [0.4, 0.5) is 0 Å². The zero-order valence-corrected chi connectivity index (χ0v) is 10.8. The molecule has 1 aromatic carbocycles. The van der Waals surface area contributed by atoms with Gasteiger partial charge in [-0.1, -0.05) is 19.1 Å². The first kappa shape index (κ1) is 12.2. The molecule has 0 fully saturated rings. The molecule has 0 saturated carbocycles. The van der Waals surface area contributed by atoms with Crippen LogP contribution >= 0.6 is 0 Å². The molecule has 1 aliphatic rings. The molecule has 0 amide bonds. The Balaban J connectivity index is 2.01. The second kappa shape index (κ2) is 5.87. The SMILES string of the molecule is CCNCC/C=C(/C)c1ccc2c(c1)CCO2. The zero-order valence-electron chi connectivity index (χ0n) is 10.8. The minimum atomic E-state index is 0.835. The molecule has 1 heterocycles. The second-order valence-electron chi connectivity index (χ2n) is 4.45. The lowest BCUT2D eigenvalue weighted by atomic mass is 10.0. The molecule has 92 valence electrons. The van der Waals surface area contributed by atoms with Crippen LogP contribution in [0.15, 0.2) is 24.3 Å². The summed E-state index contributed by atoms with van der Waals surface area (Å²) in [7, 11) is 0. The molecule has 2 rings (SSSR count). The predicted molar refractivity (Wildman–Crippen MR) is 72.5 cm³/mol. The molecule has 0 bridgehead atoms. The van der Waals surface area contributed by atoms with Gasteiger partial charge in [-0.3, -0.25) is 0 Å². The van der Waals surface area contributed by atoms with Crippen LogP contribution in [0.5, 0.6) is 5.75 Å². The third kappa shape index (κ3) is 3.10. The van der Waals surface area contributed by atoms with Crippen molar-refractivity contribution in [3.8, 4) is 5.75 Å². The van der Waals surface area contributed by atoms with Crippen LogP contribution in [0, 0.1) is 0 Å². The van der Waals surface area contributed by atoms with Crippen molar-refractivity contribution in [3.63, 3.8) is 0 Å². The molecule has 2 nitrogen and oxygen atoms in total. The van der Waals surface area contributed by atoms with E-state index in [-0.39, 0.29) is 0 Å². The zero-order chi connectivity index (χ0) is 12.1. The molecular formula is C15H21NO. The molecule has 0 spiro atoms. The molecule has 0 atom stereocenters. The Bertz CT molecular complexity index is 409. The fourth-order valence-corrected chi connectivity index (χ4v) is 2.12. The van der Waals surface area contributed by atoms with Crippen LogP contribution < -0.4 is 10.1 Å². The van der Waals surface area contributed by atoms with Gasteiger partial charge in [0.05, 0.1) is 6.61 Å². The number of allylic oxidation sites excluding steroid dienone is 1. The van der Waals surface area contributed by atoms with Gasteiger partial charge in [-0.15, -0.1) is 0 Å². The fraction of sp³-hybridized carbons (Fsp3) is 0.467. The van der Waals surface area contributed by atoms with Gasteiger partial charge in [0, 0.05) is 6.42 Å². The summed E-state index contributed by atoms with van der Waals surface area (Å²) >= 11 is 0. The first-order chi connectivity index (χ1) is 8.31. The van der Waals surface area contributed by atoms with Gasteiger partial charge in [0.15, 0.2) is 0 Å². The summed E-state index contributed by atoms with van der Waals surface area (Å²) in [6.07, 6.45) is 4.45. The third-order valence-electron chi connectivity index (χ3n) is 3.17. The number of nitrogens with one attached hydrogen (secondary N) is 1. The Morgan fingerprint density at radius 3 is 3.18 bits per heavy atom. The summed E-state index contributed by atoms with van der Waals surface area (Å²) in [4.78, 5) is 0. The van der Waals surface area contributed by atoms with Crippen LogP contribution in [-0.4, -0.2) is 19.7 Å². The minimum absolute atomic E-state index is 0.835. The summed E-state index contributed by atoms with van der Waals surface area (Å²) in [6, 6.07) is 6.52. The summed E-state index contributed by atoms with van der Waals surface area (Å²) in [5.41, 5.74) is 4.03. The van der Waals surface area contributed by atoms with E-state index >= 15 is 0 Å². The average molecular weight is 231 g/mol. The highest BCUT2D eigenvalue weighted by Gasteiger charge is 2.12. The smallest absolute Gasteiger partial charge is 0.122 e. The van der Waals surface area contributed by atoms with E-state index in [4.69, 9.17) is 4.74 Å². The molecule has 1 N–H and O–H groups in total. The van der Waals surface area contributed by atoms with Crippen LogP contribution in [0.1, 0.15) is 31.4 Å². The Morgan fingerprint density at radius 1 is 1.47 bits per heavy atom. The van der Waals surface area contributed by atoms with Crippen molar-refractivity contribution in [2.24, 2.45) is 0 Å². The molecule has 0 aromatic heterocycles. The Morgan fingerprint density at radius 2 is 2.35 bits per heavy atom. The van der Waals surface area contributed by atoms with Crippen molar-refractivity contribution in [2.45, 2.75) is 26.7 Å². The van der Waals surface area contributed by atoms with Crippen LogP contribution in [-0.2, 0) is 6.42 Å². The summed E-state index contributed by atoms with van der Waals surface area (Å²) in [5.74, 6) is 1.06. The lowest BCUT2D eigenvalue weighted by molar-refractivity contribution is 0.357. The van der Waals surface area contributed by atoms with E-state index < -0.39 is 0 Å². The maximum atomic E-state index is 5.52. The molecule has 0 radical (unpaired) electrons.